The molecule has 0 aromatic heterocycles. The van der Waals surface area contributed by atoms with E-state index in [-0.39, 0.29) is 16.8 Å². The number of phenolic OH excluding ortho intramolecular Hbond substituents is 1. The number of halogens is 2. The summed E-state index contributed by atoms with van der Waals surface area (Å²) in [6, 6.07) is 2.95. The van der Waals surface area contributed by atoms with E-state index in [2.05, 4.69) is 0 Å². The highest BCUT2D eigenvalue weighted by Gasteiger charge is 2.14. The first-order valence-corrected chi connectivity index (χ1v) is 4.96. The molecule has 0 radical (unpaired) electrons. The Labute approximate surface area is 92.6 Å². The number of phenols is 1. The van der Waals surface area contributed by atoms with E-state index in [4.69, 9.17) is 34.7 Å². The van der Waals surface area contributed by atoms with Gasteiger partial charge in [0.1, 0.15) is 10.8 Å². The van der Waals surface area contributed by atoms with Crippen molar-refractivity contribution in [2.45, 2.75) is 12.5 Å². The van der Waals surface area contributed by atoms with E-state index in [1.54, 1.807) is 12.1 Å². The lowest BCUT2D eigenvalue weighted by atomic mass is 10.0. The van der Waals surface area contributed by atoms with Crippen LogP contribution in [0.25, 0.3) is 0 Å². The highest BCUT2D eigenvalue weighted by molar-refractivity contribution is 6.43. The molecule has 0 spiro atoms. The first-order valence-electron chi connectivity index (χ1n) is 4.20. The van der Waals surface area contributed by atoms with Gasteiger partial charge >= 0.3 is 0 Å². The number of nitrogens with two attached hydrogens (primary N) is 2. The highest BCUT2D eigenvalue weighted by atomic mass is 35.5. The van der Waals surface area contributed by atoms with E-state index in [1.165, 1.54) is 0 Å². The summed E-state index contributed by atoms with van der Waals surface area (Å²) < 4.78 is 0. The average Bonchev–Trinajstić information content (AvgIpc) is 2.15. The fraction of sp³-hybridized carbons (Fsp3) is 0.333. The molecule has 0 aliphatic rings. The second kappa shape index (κ2) is 4.84. The molecular formula is C9H12Cl2N2O. The Morgan fingerprint density at radius 3 is 2.57 bits per heavy atom. The van der Waals surface area contributed by atoms with Gasteiger partial charge in [0.2, 0.25) is 0 Å². The fourth-order valence-electron chi connectivity index (χ4n) is 1.19. The minimum Gasteiger partial charge on any atom is -0.506 e. The second-order valence-electron chi connectivity index (χ2n) is 2.98. The van der Waals surface area contributed by atoms with Gasteiger partial charge in [-0.1, -0.05) is 29.3 Å². The summed E-state index contributed by atoms with van der Waals surface area (Å²) >= 11 is 11.5. The molecule has 5 heteroatoms. The van der Waals surface area contributed by atoms with Gasteiger partial charge in [0.25, 0.3) is 0 Å². The number of aromatic hydroxyl groups is 1. The van der Waals surface area contributed by atoms with E-state index < -0.39 is 0 Å². The molecule has 0 aliphatic heterocycles. The standard InChI is InChI=1S/C9H12Cl2N2O/c10-6-2-1-5(7(13)3-4-12)9(14)8(6)11/h1-2,7,14H,3-4,12-13H2/t7-/m0/s1. The molecule has 78 valence electrons. The van der Waals surface area contributed by atoms with Crippen molar-refractivity contribution in [3.63, 3.8) is 0 Å². The van der Waals surface area contributed by atoms with Crippen molar-refractivity contribution in [2.24, 2.45) is 11.5 Å². The summed E-state index contributed by atoms with van der Waals surface area (Å²) in [6.45, 7) is 0.459. The van der Waals surface area contributed by atoms with Crippen LogP contribution in [0, 0.1) is 0 Å². The molecule has 3 nitrogen and oxygen atoms in total. The highest BCUT2D eigenvalue weighted by Crippen LogP contribution is 2.36. The van der Waals surface area contributed by atoms with Crippen LogP contribution in [0.3, 0.4) is 0 Å². The second-order valence-corrected chi connectivity index (χ2v) is 3.77. The zero-order valence-electron chi connectivity index (χ0n) is 7.50. The molecule has 0 bridgehead atoms. The van der Waals surface area contributed by atoms with Crippen LogP contribution >= 0.6 is 23.2 Å². The summed E-state index contributed by atoms with van der Waals surface area (Å²) in [5.74, 6) is -0.0554. The predicted molar refractivity (Wildman–Crippen MR) is 58.7 cm³/mol. The summed E-state index contributed by atoms with van der Waals surface area (Å²) in [7, 11) is 0. The fourth-order valence-corrected chi connectivity index (χ4v) is 1.51. The average molecular weight is 235 g/mol. The van der Waals surface area contributed by atoms with E-state index in [1.807, 2.05) is 0 Å². The van der Waals surface area contributed by atoms with Crippen molar-refractivity contribution in [3.05, 3.63) is 27.7 Å². The summed E-state index contributed by atoms with van der Waals surface area (Å²) in [6.07, 6.45) is 0.589. The van der Waals surface area contributed by atoms with Crippen molar-refractivity contribution >= 4 is 23.2 Å². The summed E-state index contributed by atoms with van der Waals surface area (Å²) in [5, 5.41) is 10.1. The van der Waals surface area contributed by atoms with Crippen LogP contribution in [-0.4, -0.2) is 11.7 Å². The van der Waals surface area contributed by atoms with Crippen LogP contribution < -0.4 is 11.5 Å². The third-order valence-electron chi connectivity index (χ3n) is 1.98. The normalized spacial score (nSPS) is 12.9. The maximum absolute atomic E-state index is 9.64. The molecule has 0 saturated heterocycles. The van der Waals surface area contributed by atoms with Crippen molar-refractivity contribution in [1.29, 1.82) is 0 Å². The molecule has 0 amide bonds. The van der Waals surface area contributed by atoms with Crippen LogP contribution in [0.15, 0.2) is 12.1 Å². The Morgan fingerprint density at radius 1 is 1.36 bits per heavy atom. The number of hydrogen-bond donors (Lipinski definition) is 3. The maximum atomic E-state index is 9.64. The van der Waals surface area contributed by atoms with Gasteiger partial charge in [-0.3, -0.25) is 0 Å². The van der Waals surface area contributed by atoms with Gasteiger partial charge in [0.15, 0.2) is 0 Å². The topological polar surface area (TPSA) is 72.3 Å². The first-order chi connectivity index (χ1) is 6.57. The smallest absolute Gasteiger partial charge is 0.140 e. The molecule has 0 heterocycles. The first kappa shape index (κ1) is 11.6. The number of benzene rings is 1. The third-order valence-corrected chi connectivity index (χ3v) is 2.77. The van der Waals surface area contributed by atoms with Gasteiger partial charge in [-0.15, -0.1) is 0 Å². The maximum Gasteiger partial charge on any atom is 0.140 e. The van der Waals surface area contributed by atoms with Crippen LogP contribution in [0.5, 0.6) is 5.75 Å². The summed E-state index contributed by atoms with van der Waals surface area (Å²) in [4.78, 5) is 0. The third kappa shape index (κ3) is 2.30. The van der Waals surface area contributed by atoms with Crippen LogP contribution in [0.2, 0.25) is 10.0 Å². The molecule has 0 unspecified atom stereocenters. The van der Waals surface area contributed by atoms with Gasteiger partial charge < -0.3 is 16.6 Å². The molecular weight excluding hydrogens is 223 g/mol. The van der Waals surface area contributed by atoms with Crippen LogP contribution in [0.4, 0.5) is 0 Å². The summed E-state index contributed by atoms with van der Waals surface area (Å²) in [5.41, 5.74) is 11.7. The molecule has 1 aromatic rings. The molecule has 0 saturated carbocycles. The molecule has 1 aromatic carbocycles. The van der Waals surface area contributed by atoms with Gasteiger partial charge in [-0.05, 0) is 19.0 Å². The van der Waals surface area contributed by atoms with Gasteiger partial charge in [-0.2, -0.15) is 0 Å². The van der Waals surface area contributed by atoms with Crippen molar-refractivity contribution < 1.29 is 5.11 Å². The van der Waals surface area contributed by atoms with Crippen molar-refractivity contribution in [2.75, 3.05) is 6.54 Å². The van der Waals surface area contributed by atoms with Crippen molar-refractivity contribution in [1.82, 2.24) is 0 Å². The Kier molecular flexibility index (Phi) is 4.01. The van der Waals surface area contributed by atoms with Gasteiger partial charge in [0.05, 0.1) is 5.02 Å². The predicted octanol–water partition coefficient (Wildman–Crippen LogP) is 2.05. The molecule has 14 heavy (non-hydrogen) atoms. The SMILES string of the molecule is NCC[C@H](N)c1ccc(Cl)c(Cl)c1O. The van der Waals surface area contributed by atoms with Crippen LogP contribution in [-0.2, 0) is 0 Å². The van der Waals surface area contributed by atoms with Gasteiger partial charge in [-0.25, -0.2) is 0 Å². The Bertz CT molecular complexity index is 331. The Balaban J connectivity index is 3.04. The molecule has 5 N–H and O–H groups in total. The van der Waals surface area contributed by atoms with Crippen molar-refractivity contribution in [3.8, 4) is 5.75 Å². The van der Waals surface area contributed by atoms with Crippen LogP contribution in [0.1, 0.15) is 18.0 Å². The molecule has 0 aliphatic carbocycles. The van der Waals surface area contributed by atoms with E-state index in [0.29, 0.717) is 23.6 Å². The number of rotatable bonds is 3. The quantitative estimate of drug-likeness (QED) is 0.750. The number of hydrogen-bond acceptors (Lipinski definition) is 3. The van der Waals surface area contributed by atoms with E-state index >= 15 is 0 Å². The Morgan fingerprint density at radius 2 is 2.00 bits per heavy atom. The molecule has 0 fully saturated rings. The zero-order valence-corrected chi connectivity index (χ0v) is 9.02. The zero-order chi connectivity index (χ0) is 10.7. The molecule has 1 atom stereocenters. The van der Waals surface area contributed by atoms with E-state index in [0.717, 1.165) is 0 Å². The van der Waals surface area contributed by atoms with E-state index in [9.17, 15) is 5.11 Å². The minimum atomic E-state index is -0.310. The van der Waals surface area contributed by atoms with Gasteiger partial charge in [0, 0.05) is 11.6 Å². The minimum absolute atomic E-state index is 0.0554. The largest absolute Gasteiger partial charge is 0.506 e. The Hall–Kier alpha value is -0.480. The lowest BCUT2D eigenvalue weighted by Crippen LogP contribution is -2.15. The molecule has 1 rings (SSSR count). The lowest BCUT2D eigenvalue weighted by Gasteiger charge is -2.13. The lowest BCUT2D eigenvalue weighted by molar-refractivity contribution is 0.459. The monoisotopic (exact) mass is 234 g/mol.